The molecule has 3 heteroatoms. The molecule has 24 heavy (non-hydrogen) atoms. The number of Topliss-reactive ketones (excluding diaryl/α,β-unsaturated/α-hetero) is 1. The third-order valence-corrected chi connectivity index (χ3v) is 11.0. The number of carbonyl (C=O) groups excluding carboxylic acids is 1. The number of halogens is 1. The van der Waals surface area contributed by atoms with Gasteiger partial charge < -0.3 is 0 Å². The maximum Gasteiger partial charge on any atom is 0.194 e. The van der Waals surface area contributed by atoms with E-state index in [1.165, 1.54) is 15.9 Å². The summed E-state index contributed by atoms with van der Waals surface area (Å²) in [5.41, 5.74) is 0. The predicted molar refractivity (Wildman–Crippen MR) is 109 cm³/mol. The molecule has 0 radical (unpaired) electrons. The Bertz CT molecular complexity index is 706. The van der Waals surface area contributed by atoms with Gasteiger partial charge in [0.1, 0.15) is 23.2 Å². The van der Waals surface area contributed by atoms with Gasteiger partial charge in [-0.05, 0) is 59.3 Å². The Labute approximate surface area is 152 Å². The first-order valence-electron chi connectivity index (χ1n) is 7.87. The largest absolute Gasteiger partial charge is 0.295 e. The summed E-state index contributed by atoms with van der Waals surface area (Å²) in [4.78, 5) is 12.5. The Kier molecular flexibility index (Phi) is 5.28. The van der Waals surface area contributed by atoms with Crippen LogP contribution in [0.1, 0.15) is 6.92 Å². The highest BCUT2D eigenvalue weighted by molar-refractivity contribution is 9.11. The molecule has 3 aromatic carbocycles. The topological polar surface area (TPSA) is 17.1 Å². The van der Waals surface area contributed by atoms with Gasteiger partial charge in [0.25, 0.3) is 0 Å². The molecule has 0 heterocycles. The quantitative estimate of drug-likeness (QED) is 0.463. The highest BCUT2D eigenvalue weighted by atomic mass is 79.9. The van der Waals surface area contributed by atoms with Crippen LogP contribution in [0.25, 0.3) is 0 Å². The van der Waals surface area contributed by atoms with E-state index in [-0.39, 0.29) is 10.4 Å². The molecule has 0 aliphatic rings. The van der Waals surface area contributed by atoms with Crippen molar-refractivity contribution in [2.75, 3.05) is 0 Å². The van der Waals surface area contributed by atoms with Crippen molar-refractivity contribution in [2.45, 2.75) is 11.5 Å². The van der Waals surface area contributed by atoms with E-state index >= 15 is 0 Å². The van der Waals surface area contributed by atoms with Gasteiger partial charge in [0.15, 0.2) is 10.4 Å². The lowest BCUT2D eigenvalue weighted by molar-refractivity contribution is -0.115. The minimum Gasteiger partial charge on any atom is -0.295 e. The van der Waals surface area contributed by atoms with E-state index in [4.69, 9.17) is 0 Å². The van der Waals surface area contributed by atoms with E-state index in [0.29, 0.717) is 0 Å². The molecule has 3 rings (SSSR count). The SMILES string of the molecule is CC(=O)C(Br)[P+](c1ccccc1)(c1ccccc1)c1ccccc1. The third-order valence-electron chi connectivity index (χ3n) is 4.17. The average Bonchev–Trinajstić information content (AvgIpc) is 2.65. The Balaban J connectivity index is 2.39. The molecule has 120 valence electrons. The molecule has 0 N–H and O–H groups in total. The van der Waals surface area contributed by atoms with Gasteiger partial charge in [0.2, 0.25) is 0 Å². The van der Waals surface area contributed by atoms with Gasteiger partial charge in [-0.1, -0.05) is 54.6 Å². The first-order valence-corrected chi connectivity index (χ1v) is 10.6. The van der Waals surface area contributed by atoms with E-state index in [9.17, 15) is 4.79 Å². The summed E-state index contributed by atoms with van der Waals surface area (Å²) in [7, 11) is -2.13. The molecule has 1 nitrogen and oxygen atoms in total. The molecule has 1 atom stereocenters. The molecular formula is C21H19BrOP+. The number of rotatable bonds is 5. The Morgan fingerprint density at radius 2 is 1.00 bits per heavy atom. The zero-order valence-corrected chi connectivity index (χ0v) is 16.0. The number of alkyl halides is 1. The summed E-state index contributed by atoms with van der Waals surface area (Å²) in [5.74, 6) is 0.153. The van der Waals surface area contributed by atoms with Gasteiger partial charge in [-0.15, -0.1) is 0 Å². The lowest BCUT2D eigenvalue weighted by Crippen LogP contribution is -2.39. The van der Waals surface area contributed by atoms with Crippen LogP contribution in [0.2, 0.25) is 0 Å². The second-order valence-corrected chi connectivity index (χ2v) is 10.8. The summed E-state index contributed by atoms with van der Waals surface area (Å²) >= 11 is 3.78. The van der Waals surface area contributed by atoms with Crippen molar-refractivity contribution in [2.24, 2.45) is 0 Å². The first kappa shape index (κ1) is 17.1. The van der Waals surface area contributed by atoms with Crippen LogP contribution in [0.5, 0.6) is 0 Å². The molecule has 0 aliphatic heterocycles. The average molecular weight is 398 g/mol. The van der Waals surface area contributed by atoms with Crippen LogP contribution in [0.3, 0.4) is 0 Å². The number of hydrogen-bond acceptors (Lipinski definition) is 1. The van der Waals surface area contributed by atoms with E-state index in [1.54, 1.807) is 6.92 Å². The van der Waals surface area contributed by atoms with Gasteiger partial charge in [-0.2, -0.15) is 0 Å². The summed E-state index contributed by atoms with van der Waals surface area (Å²) < 4.78 is -0.253. The van der Waals surface area contributed by atoms with Crippen molar-refractivity contribution in [3.8, 4) is 0 Å². The molecule has 0 aromatic heterocycles. The Morgan fingerprint density at radius 1 is 0.708 bits per heavy atom. The lowest BCUT2D eigenvalue weighted by Gasteiger charge is -2.30. The van der Waals surface area contributed by atoms with Gasteiger partial charge in [0.05, 0.1) is 0 Å². The van der Waals surface area contributed by atoms with Crippen LogP contribution in [0.4, 0.5) is 0 Å². The first-order chi connectivity index (χ1) is 11.7. The molecule has 0 aliphatic carbocycles. The monoisotopic (exact) mass is 397 g/mol. The smallest absolute Gasteiger partial charge is 0.194 e. The molecule has 0 fully saturated rings. The summed E-state index contributed by atoms with van der Waals surface area (Å²) in [6.45, 7) is 1.67. The van der Waals surface area contributed by atoms with Crippen LogP contribution < -0.4 is 15.9 Å². The number of ketones is 1. The minimum atomic E-state index is -2.13. The maximum absolute atomic E-state index is 12.5. The number of benzene rings is 3. The standard InChI is InChI=1S/C21H19BrOP/c1-17(23)21(22)24(18-11-5-2-6-12-18,19-13-7-3-8-14-19)20-15-9-4-10-16-20/h2-16,21H,1H3/q+1. The van der Waals surface area contributed by atoms with Crippen molar-refractivity contribution in [1.82, 2.24) is 0 Å². The normalized spacial score (nSPS) is 12.6. The Hall–Kier alpha value is -1.76. The highest BCUT2D eigenvalue weighted by Gasteiger charge is 2.53. The van der Waals surface area contributed by atoms with Crippen molar-refractivity contribution >= 4 is 44.9 Å². The molecule has 0 spiro atoms. The van der Waals surface area contributed by atoms with E-state index in [1.807, 2.05) is 18.2 Å². The highest BCUT2D eigenvalue weighted by Crippen LogP contribution is 2.61. The van der Waals surface area contributed by atoms with Gasteiger partial charge in [-0.3, -0.25) is 4.79 Å². The predicted octanol–water partition coefficient (Wildman–Crippen LogP) is 4.29. The summed E-state index contributed by atoms with van der Waals surface area (Å²) in [6.07, 6.45) is 0. The van der Waals surface area contributed by atoms with Crippen molar-refractivity contribution in [1.29, 1.82) is 0 Å². The van der Waals surface area contributed by atoms with Crippen LogP contribution >= 0.6 is 23.2 Å². The van der Waals surface area contributed by atoms with E-state index < -0.39 is 7.26 Å². The van der Waals surface area contributed by atoms with Gasteiger partial charge in [0, 0.05) is 0 Å². The lowest BCUT2D eigenvalue weighted by atomic mass is 10.4. The fraction of sp³-hybridized carbons (Fsp3) is 0.0952. The van der Waals surface area contributed by atoms with Crippen LogP contribution in [0, 0.1) is 0 Å². The molecule has 1 unspecified atom stereocenters. The van der Waals surface area contributed by atoms with E-state index in [2.05, 4.69) is 88.7 Å². The summed E-state index contributed by atoms with van der Waals surface area (Å²) in [5, 5.41) is 3.62. The zero-order valence-electron chi connectivity index (χ0n) is 13.5. The van der Waals surface area contributed by atoms with Gasteiger partial charge in [-0.25, -0.2) is 0 Å². The van der Waals surface area contributed by atoms with Crippen LogP contribution in [0.15, 0.2) is 91.0 Å². The molecular weight excluding hydrogens is 379 g/mol. The van der Waals surface area contributed by atoms with Crippen molar-refractivity contribution in [3.63, 3.8) is 0 Å². The van der Waals surface area contributed by atoms with Crippen molar-refractivity contribution in [3.05, 3.63) is 91.0 Å². The zero-order chi connectivity index (χ0) is 17.0. The molecule has 0 amide bonds. The van der Waals surface area contributed by atoms with Crippen molar-refractivity contribution < 1.29 is 4.79 Å². The van der Waals surface area contributed by atoms with Crippen LogP contribution in [-0.4, -0.2) is 10.4 Å². The third kappa shape index (κ3) is 2.97. The second kappa shape index (κ2) is 7.42. The molecule has 0 saturated carbocycles. The maximum atomic E-state index is 12.5. The second-order valence-electron chi connectivity index (χ2n) is 5.68. The number of carbonyl (C=O) groups is 1. The molecule has 0 saturated heterocycles. The fourth-order valence-electron chi connectivity index (χ4n) is 3.10. The number of hydrogen-bond donors (Lipinski definition) is 0. The molecule has 3 aromatic rings. The minimum absolute atomic E-state index is 0.153. The molecule has 0 bridgehead atoms. The van der Waals surface area contributed by atoms with Crippen LogP contribution in [-0.2, 0) is 4.79 Å². The summed E-state index contributed by atoms with van der Waals surface area (Å²) in [6, 6.07) is 31.2. The van der Waals surface area contributed by atoms with E-state index in [0.717, 1.165) is 0 Å². The van der Waals surface area contributed by atoms with Gasteiger partial charge >= 0.3 is 0 Å². The Morgan fingerprint density at radius 3 is 1.25 bits per heavy atom. The fourth-order valence-corrected chi connectivity index (χ4v) is 9.38.